The van der Waals surface area contributed by atoms with Gasteiger partial charge in [0.1, 0.15) is 0 Å². The Morgan fingerprint density at radius 1 is 1.35 bits per heavy atom. The van der Waals surface area contributed by atoms with Gasteiger partial charge >= 0.3 is 5.97 Å². The van der Waals surface area contributed by atoms with E-state index in [1.807, 2.05) is 11.8 Å². The zero-order valence-corrected chi connectivity index (χ0v) is 11.9. The lowest BCUT2D eigenvalue weighted by molar-refractivity contribution is -0.121. The van der Waals surface area contributed by atoms with Crippen LogP contribution in [0.2, 0.25) is 0 Å². The van der Waals surface area contributed by atoms with Crippen molar-refractivity contribution in [3.63, 3.8) is 0 Å². The summed E-state index contributed by atoms with van der Waals surface area (Å²) in [4.78, 5) is 22.5. The summed E-state index contributed by atoms with van der Waals surface area (Å²) in [5.74, 6) is 1.16. The van der Waals surface area contributed by atoms with E-state index in [0.717, 1.165) is 23.6 Å². The molecule has 0 aliphatic carbocycles. The van der Waals surface area contributed by atoms with E-state index in [9.17, 15) is 9.59 Å². The lowest BCUT2D eigenvalue weighted by Crippen LogP contribution is -2.41. The molecule has 1 aromatic carbocycles. The number of thioether (sulfide) groups is 1. The largest absolute Gasteiger partial charge is 0.478 e. The molecule has 5 nitrogen and oxygen atoms in total. The van der Waals surface area contributed by atoms with E-state index in [2.05, 4.69) is 10.6 Å². The topological polar surface area (TPSA) is 78.4 Å². The predicted octanol–water partition coefficient (Wildman–Crippen LogP) is 1.10. The molecule has 1 unspecified atom stereocenters. The molecule has 1 heterocycles. The maximum absolute atomic E-state index is 11.8. The first-order valence-corrected chi connectivity index (χ1v) is 7.70. The molecule has 1 saturated heterocycles. The zero-order valence-electron chi connectivity index (χ0n) is 11.1. The van der Waals surface area contributed by atoms with Crippen LogP contribution in [-0.4, -0.2) is 41.1 Å². The lowest BCUT2D eigenvalue weighted by Gasteiger charge is -2.22. The average molecular weight is 294 g/mol. The predicted molar refractivity (Wildman–Crippen MR) is 79.0 cm³/mol. The van der Waals surface area contributed by atoms with E-state index in [1.54, 1.807) is 24.3 Å². The fourth-order valence-electron chi connectivity index (χ4n) is 2.01. The molecule has 0 spiro atoms. The summed E-state index contributed by atoms with van der Waals surface area (Å²) in [6, 6.07) is 6.78. The molecule has 2 rings (SSSR count). The van der Waals surface area contributed by atoms with Crippen molar-refractivity contribution < 1.29 is 14.7 Å². The molecule has 1 amide bonds. The van der Waals surface area contributed by atoms with Gasteiger partial charge in [0.15, 0.2) is 0 Å². The van der Waals surface area contributed by atoms with Crippen molar-refractivity contribution in [3.05, 3.63) is 35.4 Å². The number of hydrogen-bond donors (Lipinski definition) is 3. The van der Waals surface area contributed by atoms with Gasteiger partial charge in [0.05, 0.1) is 5.56 Å². The summed E-state index contributed by atoms with van der Waals surface area (Å²) in [7, 11) is 0. The molecule has 1 aliphatic rings. The van der Waals surface area contributed by atoms with Gasteiger partial charge in [-0.25, -0.2) is 4.79 Å². The number of benzene rings is 1. The van der Waals surface area contributed by atoms with Crippen molar-refractivity contribution in [2.45, 2.75) is 19.0 Å². The smallest absolute Gasteiger partial charge is 0.335 e. The standard InChI is InChI=1S/C14H18N2O3S/c17-13(7-12-9-20-6-5-15-12)16-8-10-1-3-11(4-2-10)14(18)19/h1-4,12,15H,5-9H2,(H,16,17)(H,18,19). The molecule has 1 aromatic rings. The molecule has 3 N–H and O–H groups in total. The number of carboxylic acid groups (broad SMARTS) is 1. The monoisotopic (exact) mass is 294 g/mol. The third kappa shape index (κ3) is 4.54. The van der Waals surface area contributed by atoms with Crippen LogP contribution in [0, 0.1) is 0 Å². The van der Waals surface area contributed by atoms with Gasteiger partial charge in [0.2, 0.25) is 5.91 Å². The molecule has 0 aromatic heterocycles. The highest BCUT2D eigenvalue weighted by Gasteiger charge is 2.16. The van der Waals surface area contributed by atoms with Gasteiger partial charge in [-0.05, 0) is 17.7 Å². The zero-order chi connectivity index (χ0) is 14.4. The van der Waals surface area contributed by atoms with Gasteiger partial charge in [-0.3, -0.25) is 4.79 Å². The Bertz CT molecular complexity index is 470. The summed E-state index contributed by atoms with van der Waals surface area (Å²) < 4.78 is 0. The van der Waals surface area contributed by atoms with Crippen LogP contribution >= 0.6 is 11.8 Å². The van der Waals surface area contributed by atoms with E-state index in [0.29, 0.717) is 13.0 Å². The molecule has 6 heteroatoms. The number of carbonyl (C=O) groups is 2. The number of aromatic carboxylic acids is 1. The second-order valence-corrected chi connectivity index (χ2v) is 5.86. The molecule has 0 bridgehead atoms. The minimum atomic E-state index is -0.943. The maximum Gasteiger partial charge on any atom is 0.335 e. The van der Waals surface area contributed by atoms with Crippen LogP contribution in [-0.2, 0) is 11.3 Å². The van der Waals surface area contributed by atoms with Gasteiger partial charge < -0.3 is 15.7 Å². The van der Waals surface area contributed by atoms with Crippen LogP contribution in [0.3, 0.4) is 0 Å². The number of hydrogen-bond acceptors (Lipinski definition) is 4. The Morgan fingerprint density at radius 2 is 2.10 bits per heavy atom. The molecule has 0 radical (unpaired) electrons. The Kier molecular flexibility index (Phi) is 5.43. The fourth-order valence-corrected chi connectivity index (χ4v) is 2.96. The third-order valence-corrected chi connectivity index (χ3v) is 4.25. The second kappa shape index (κ2) is 7.31. The molecule has 1 fully saturated rings. The van der Waals surface area contributed by atoms with E-state index in [-0.39, 0.29) is 17.5 Å². The highest BCUT2D eigenvalue weighted by molar-refractivity contribution is 7.99. The minimum Gasteiger partial charge on any atom is -0.478 e. The van der Waals surface area contributed by atoms with Crippen LogP contribution in [0.25, 0.3) is 0 Å². The van der Waals surface area contributed by atoms with E-state index < -0.39 is 5.97 Å². The lowest BCUT2D eigenvalue weighted by atomic mass is 10.1. The number of carboxylic acids is 1. The van der Waals surface area contributed by atoms with Crippen LogP contribution < -0.4 is 10.6 Å². The summed E-state index contributed by atoms with van der Waals surface area (Å²) in [5.41, 5.74) is 1.15. The van der Waals surface area contributed by atoms with E-state index >= 15 is 0 Å². The van der Waals surface area contributed by atoms with Gasteiger partial charge in [-0.1, -0.05) is 12.1 Å². The average Bonchev–Trinajstić information content (AvgIpc) is 2.46. The van der Waals surface area contributed by atoms with E-state index in [1.165, 1.54) is 0 Å². The Morgan fingerprint density at radius 3 is 2.70 bits per heavy atom. The first kappa shape index (κ1) is 14.9. The van der Waals surface area contributed by atoms with Crippen molar-refractivity contribution in [3.8, 4) is 0 Å². The first-order valence-electron chi connectivity index (χ1n) is 6.55. The summed E-state index contributed by atoms with van der Waals surface area (Å²) >= 11 is 1.87. The number of nitrogens with one attached hydrogen (secondary N) is 2. The van der Waals surface area contributed by atoms with Crippen LogP contribution in [0.15, 0.2) is 24.3 Å². The van der Waals surface area contributed by atoms with Crippen LogP contribution in [0.1, 0.15) is 22.3 Å². The summed E-state index contributed by atoms with van der Waals surface area (Å²) in [6.45, 7) is 1.39. The van der Waals surface area contributed by atoms with Crippen molar-refractivity contribution in [1.82, 2.24) is 10.6 Å². The first-order chi connectivity index (χ1) is 9.65. The summed E-state index contributed by atoms with van der Waals surface area (Å²) in [5, 5.41) is 15.0. The quantitative estimate of drug-likeness (QED) is 0.758. The summed E-state index contributed by atoms with van der Waals surface area (Å²) in [6.07, 6.45) is 0.486. The Balaban J connectivity index is 1.76. The Hall–Kier alpha value is -1.53. The third-order valence-electron chi connectivity index (χ3n) is 3.12. The molecule has 108 valence electrons. The van der Waals surface area contributed by atoms with Crippen molar-refractivity contribution in [2.75, 3.05) is 18.1 Å². The van der Waals surface area contributed by atoms with Gasteiger partial charge in [-0.15, -0.1) is 0 Å². The molecule has 20 heavy (non-hydrogen) atoms. The van der Waals surface area contributed by atoms with Gasteiger partial charge in [0, 0.05) is 37.1 Å². The fraction of sp³-hybridized carbons (Fsp3) is 0.429. The Labute approximate surface area is 122 Å². The molecular weight excluding hydrogens is 276 g/mol. The van der Waals surface area contributed by atoms with Crippen LogP contribution in [0.5, 0.6) is 0 Å². The maximum atomic E-state index is 11.8. The molecule has 1 atom stereocenters. The number of carbonyl (C=O) groups excluding carboxylic acids is 1. The molecule has 1 aliphatic heterocycles. The van der Waals surface area contributed by atoms with Gasteiger partial charge in [0.25, 0.3) is 0 Å². The highest BCUT2D eigenvalue weighted by atomic mass is 32.2. The second-order valence-electron chi connectivity index (χ2n) is 4.71. The normalized spacial score (nSPS) is 18.5. The highest BCUT2D eigenvalue weighted by Crippen LogP contribution is 2.10. The number of amides is 1. The minimum absolute atomic E-state index is 0.0207. The molecule has 0 saturated carbocycles. The van der Waals surface area contributed by atoms with Crippen molar-refractivity contribution >= 4 is 23.6 Å². The van der Waals surface area contributed by atoms with Crippen LogP contribution in [0.4, 0.5) is 0 Å². The number of rotatable bonds is 5. The van der Waals surface area contributed by atoms with Gasteiger partial charge in [-0.2, -0.15) is 11.8 Å². The SMILES string of the molecule is O=C(CC1CSCCN1)NCc1ccc(C(=O)O)cc1. The van der Waals surface area contributed by atoms with Crippen molar-refractivity contribution in [1.29, 1.82) is 0 Å². The van der Waals surface area contributed by atoms with Crippen molar-refractivity contribution in [2.24, 2.45) is 0 Å². The van der Waals surface area contributed by atoms with E-state index in [4.69, 9.17) is 5.11 Å². The molecular formula is C14H18N2O3S.